The lowest BCUT2D eigenvalue weighted by Crippen LogP contribution is -2.16. The van der Waals surface area contributed by atoms with E-state index < -0.39 is 6.29 Å². The van der Waals surface area contributed by atoms with Crippen LogP contribution in [0, 0.1) is 0 Å². The van der Waals surface area contributed by atoms with E-state index in [1.54, 1.807) is 0 Å². The number of hydrogen-bond acceptors (Lipinski definition) is 4. The molecule has 1 unspecified atom stereocenters. The third-order valence-electron chi connectivity index (χ3n) is 2.10. The smallest absolute Gasteiger partial charge is 0.161 e. The van der Waals surface area contributed by atoms with E-state index in [1.165, 1.54) is 0 Å². The maximum Gasteiger partial charge on any atom is 0.161 e. The van der Waals surface area contributed by atoms with Crippen molar-refractivity contribution in [3.05, 3.63) is 30.2 Å². The summed E-state index contributed by atoms with van der Waals surface area (Å²) in [5, 5.41) is 17.4. The number of ether oxygens (including phenoxy) is 1. The van der Waals surface area contributed by atoms with Crippen molar-refractivity contribution >= 4 is 5.65 Å². The first-order valence-electron chi connectivity index (χ1n) is 4.89. The number of aliphatic hydroxyl groups is 1. The molecule has 0 saturated carbocycles. The van der Waals surface area contributed by atoms with Crippen molar-refractivity contribution in [3.63, 3.8) is 0 Å². The highest BCUT2D eigenvalue weighted by molar-refractivity contribution is 5.36. The molecule has 80 valence electrons. The van der Waals surface area contributed by atoms with E-state index in [1.807, 2.05) is 35.7 Å². The predicted octanol–water partition coefficient (Wildman–Crippen LogP) is 0.627. The molecule has 2 rings (SSSR count). The number of aromatic nitrogens is 3. The van der Waals surface area contributed by atoms with Crippen molar-refractivity contribution in [2.24, 2.45) is 0 Å². The largest absolute Gasteiger partial charge is 0.368 e. The van der Waals surface area contributed by atoms with E-state index >= 15 is 0 Å². The molecule has 0 aliphatic heterocycles. The van der Waals surface area contributed by atoms with Gasteiger partial charge >= 0.3 is 0 Å². The first-order chi connectivity index (χ1) is 7.31. The van der Waals surface area contributed by atoms with Crippen molar-refractivity contribution in [3.8, 4) is 0 Å². The molecule has 5 heteroatoms. The van der Waals surface area contributed by atoms with Gasteiger partial charge in [0, 0.05) is 12.8 Å². The second-order valence-electron chi connectivity index (χ2n) is 3.16. The molecule has 2 heterocycles. The molecule has 1 atom stereocenters. The molecule has 1 N–H and O–H groups in total. The maximum absolute atomic E-state index is 9.48. The second-order valence-corrected chi connectivity index (χ2v) is 3.16. The van der Waals surface area contributed by atoms with Crippen LogP contribution in [0.25, 0.3) is 5.65 Å². The van der Waals surface area contributed by atoms with Gasteiger partial charge in [0.25, 0.3) is 0 Å². The summed E-state index contributed by atoms with van der Waals surface area (Å²) in [6, 6.07) is 5.66. The van der Waals surface area contributed by atoms with E-state index in [-0.39, 0.29) is 0 Å². The zero-order valence-corrected chi connectivity index (χ0v) is 8.50. The lowest BCUT2D eigenvalue weighted by atomic mass is 10.4. The van der Waals surface area contributed by atoms with Crippen LogP contribution >= 0.6 is 0 Å². The zero-order chi connectivity index (χ0) is 10.7. The average Bonchev–Trinajstić information content (AvgIpc) is 2.62. The van der Waals surface area contributed by atoms with Gasteiger partial charge in [-0.1, -0.05) is 6.07 Å². The number of fused-ring (bicyclic) bond motifs is 1. The molecule has 2 aromatic heterocycles. The molecule has 15 heavy (non-hydrogen) atoms. The minimum atomic E-state index is -0.817. The van der Waals surface area contributed by atoms with Gasteiger partial charge in [0.05, 0.1) is 6.42 Å². The van der Waals surface area contributed by atoms with Gasteiger partial charge in [-0.05, 0) is 19.1 Å². The highest BCUT2D eigenvalue weighted by Crippen LogP contribution is 2.05. The first-order valence-corrected chi connectivity index (χ1v) is 4.89. The molecule has 0 bridgehead atoms. The number of pyridine rings is 1. The van der Waals surface area contributed by atoms with Gasteiger partial charge in [-0.25, -0.2) is 0 Å². The van der Waals surface area contributed by atoms with Crippen LogP contribution in [0.1, 0.15) is 12.7 Å². The SMILES string of the molecule is CCOC(O)Cc1nnc2ccccn12. The number of nitrogens with zero attached hydrogens (tertiary/aromatic N) is 3. The van der Waals surface area contributed by atoms with Crippen LogP contribution in [0.4, 0.5) is 0 Å². The Labute approximate surface area is 87.3 Å². The molecule has 5 nitrogen and oxygen atoms in total. The van der Waals surface area contributed by atoms with E-state index in [9.17, 15) is 5.11 Å². The van der Waals surface area contributed by atoms with Gasteiger partial charge in [-0.3, -0.25) is 4.40 Å². The maximum atomic E-state index is 9.48. The predicted molar refractivity (Wildman–Crippen MR) is 54.3 cm³/mol. The van der Waals surface area contributed by atoms with Crippen LogP contribution in [-0.4, -0.2) is 32.6 Å². The van der Waals surface area contributed by atoms with Crippen LogP contribution in [0.5, 0.6) is 0 Å². The van der Waals surface area contributed by atoms with E-state index in [4.69, 9.17) is 4.74 Å². The fourth-order valence-corrected chi connectivity index (χ4v) is 1.44. The Morgan fingerprint density at radius 2 is 2.33 bits per heavy atom. The number of hydrogen-bond donors (Lipinski definition) is 1. The van der Waals surface area contributed by atoms with Gasteiger partial charge in [0.15, 0.2) is 11.9 Å². The van der Waals surface area contributed by atoms with Crippen molar-refractivity contribution in [2.45, 2.75) is 19.6 Å². The van der Waals surface area contributed by atoms with Crippen molar-refractivity contribution < 1.29 is 9.84 Å². The summed E-state index contributed by atoms with van der Waals surface area (Å²) in [6.45, 7) is 2.32. The van der Waals surface area contributed by atoms with Crippen molar-refractivity contribution in [1.82, 2.24) is 14.6 Å². The minimum Gasteiger partial charge on any atom is -0.368 e. The number of aliphatic hydroxyl groups excluding tert-OH is 1. The fraction of sp³-hybridized carbons (Fsp3) is 0.400. The Morgan fingerprint density at radius 3 is 3.13 bits per heavy atom. The summed E-state index contributed by atoms with van der Waals surface area (Å²) < 4.78 is 6.87. The van der Waals surface area contributed by atoms with Crippen LogP contribution in [0.2, 0.25) is 0 Å². The summed E-state index contributed by atoms with van der Waals surface area (Å²) in [4.78, 5) is 0. The molecule has 0 fully saturated rings. The average molecular weight is 207 g/mol. The molecule has 0 radical (unpaired) electrons. The van der Waals surface area contributed by atoms with Gasteiger partial charge < -0.3 is 9.84 Å². The standard InChI is InChI=1S/C10H13N3O2/c1-2-15-10(14)7-9-12-11-8-5-3-4-6-13(8)9/h3-6,10,14H,2,7H2,1H3. The lowest BCUT2D eigenvalue weighted by molar-refractivity contribution is -0.0939. The quantitative estimate of drug-likeness (QED) is 0.747. The van der Waals surface area contributed by atoms with Crippen LogP contribution in [0.15, 0.2) is 24.4 Å². The Kier molecular flexibility index (Phi) is 2.94. The third-order valence-corrected chi connectivity index (χ3v) is 2.10. The highest BCUT2D eigenvalue weighted by Gasteiger charge is 2.10. The Bertz CT molecular complexity index is 441. The highest BCUT2D eigenvalue weighted by atomic mass is 16.6. The molecule has 2 aromatic rings. The Morgan fingerprint density at radius 1 is 1.47 bits per heavy atom. The molecule has 0 saturated heterocycles. The molecule has 0 aliphatic carbocycles. The minimum absolute atomic E-state index is 0.346. The van der Waals surface area contributed by atoms with E-state index in [0.717, 1.165) is 5.65 Å². The van der Waals surface area contributed by atoms with E-state index in [2.05, 4.69) is 10.2 Å². The summed E-state index contributed by atoms with van der Waals surface area (Å²) in [7, 11) is 0. The number of rotatable bonds is 4. The zero-order valence-electron chi connectivity index (χ0n) is 8.50. The van der Waals surface area contributed by atoms with Gasteiger partial charge in [-0.2, -0.15) is 0 Å². The summed E-state index contributed by atoms with van der Waals surface area (Å²) >= 11 is 0. The molecular weight excluding hydrogens is 194 g/mol. The van der Waals surface area contributed by atoms with Gasteiger partial charge in [-0.15, -0.1) is 10.2 Å². The lowest BCUT2D eigenvalue weighted by Gasteiger charge is -2.08. The normalized spacial score (nSPS) is 13.2. The summed E-state index contributed by atoms with van der Waals surface area (Å²) in [6.07, 6.45) is 1.39. The van der Waals surface area contributed by atoms with Crippen LogP contribution in [-0.2, 0) is 11.2 Å². The summed E-state index contributed by atoms with van der Waals surface area (Å²) in [5.41, 5.74) is 0.774. The Hall–Kier alpha value is -1.46. The molecule has 0 amide bonds. The first kappa shape index (κ1) is 10.1. The van der Waals surface area contributed by atoms with Gasteiger partial charge in [0.1, 0.15) is 5.82 Å². The van der Waals surface area contributed by atoms with Crippen LogP contribution < -0.4 is 0 Å². The second kappa shape index (κ2) is 4.37. The molecule has 0 aliphatic rings. The van der Waals surface area contributed by atoms with E-state index in [0.29, 0.717) is 18.9 Å². The van der Waals surface area contributed by atoms with Crippen molar-refractivity contribution in [2.75, 3.05) is 6.61 Å². The molecule has 0 aromatic carbocycles. The van der Waals surface area contributed by atoms with Crippen LogP contribution in [0.3, 0.4) is 0 Å². The Balaban J connectivity index is 2.21. The van der Waals surface area contributed by atoms with Crippen molar-refractivity contribution in [1.29, 1.82) is 0 Å². The fourth-order valence-electron chi connectivity index (χ4n) is 1.44. The topological polar surface area (TPSA) is 59.7 Å². The third kappa shape index (κ3) is 2.14. The van der Waals surface area contributed by atoms with Gasteiger partial charge in [0.2, 0.25) is 0 Å². The summed E-state index contributed by atoms with van der Waals surface area (Å²) in [5.74, 6) is 0.701. The monoisotopic (exact) mass is 207 g/mol. The molecular formula is C10H13N3O2. The molecule has 0 spiro atoms.